The Morgan fingerprint density at radius 2 is 1.35 bits per heavy atom. The van der Waals surface area contributed by atoms with E-state index in [1.807, 2.05) is 49.4 Å². The number of anilines is 2. The Labute approximate surface area is 256 Å². The minimum atomic E-state index is -0.475. The van der Waals surface area contributed by atoms with Gasteiger partial charge >= 0.3 is 0 Å². The highest BCUT2D eigenvalue weighted by Crippen LogP contribution is 2.26. The smallest absolute Gasteiger partial charge is 0.272 e. The third-order valence-electron chi connectivity index (χ3n) is 6.59. The number of benzene rings is 4. The number of nitrogens with one attached hydrogen (secondary N) is 3. The van der Waals surface area contributed by atoms with Crippen LogP contribution in [0.1, 0.15) is 48.2 Å². The lowest BCUT2D eigenvalue weighted by molar-refractivity contribution is -0.115. The van der Waals surface area contributed by atoms with Crippen LogP contribution in [-0.4, -0.2) is 30.1 Å². The summed E-state index contributed by atoms with van der Waals surface area (Å²) in [4.78, 5) is 39.8. The Morgan fingerprint density at radius 3 is 1.95 bits per heavy atom. The number of ether oxygens (including phenoxy) is 1. The summed E-state index contributed by atoms with van der Waals surface area (Å²) < 4.78 is 5.21. The van der Waals surface area contributed by atoms with Crippen LogP contribution >= 0.6 is 11.8 Å². The first-order chi connectivity index (χ1) is 20.7. The lowest BCUT2D eigenvalue weighted by Gasteiger charge is -2.14. The van der Waals surface area contributed by atoms with E-state index in [9.17, 15) is 14.4 Å². The Morgan fingerprint density at radius 1 is 0.744 bits per heavy atom. The molecule has 0 fully saturated rings. The van der Waals surface area contributed by atoms with Crippen molar-refractivity contribution in [1.29, 1.82) is 0 Å². The molecule has 0 aromatic heterocycles. The molecule has 0 spiro atoms. The normalized spacial score (nSPS) is 11.9. The molecule has 3 N–H and O–H groups in total. The van der Waals surface area contributed by atoms with Crippen LogP contribution in [0.3, 0.4) is 0 Å². The standard InChI is InChI=1S/C35H35N3O4S/c1-23(2)26-12-14-28(15-13-26)36-33(39)24(3)43-31-20-16-29(17-21-31)37-35(41)32(22-25-10-18-30(42-4)19-11-25)38-34(40)27-8-6-5-7-9-27/h5-24H,1-4H3,(H,36,39)(H,37,41)(H,38,40)/b32-22-. The topological polar surface area (TPSA) is 96.5 Å². The molecular weight excluding hydrogens is 558 g/mol. The zero-order valence-corrected chi connectivity index (χ0v) is 25.4. The van der Waals surface area contributed by atoms with Crippen LogP contribution in [0.15, 0.2) is 114 Å². The maximum Gasteiger partial charge on any atom is 0.272 e. The highest BCUT2D eigenvalue weighted by atomic mass is 32.2. The summed E-state index contributed by atoms with van der Waals surface area (Å²) in [6.07, 6.45) is 1.61. The van der Waals surface area contributed by atoms with Crippen molar-refractivity contribution in [2.45, 2.75) is 36.8 Å². The van der Waals surface area contributed by atoms with E-state index in [-0.39, 0.29) is 16.9 Å². The Kier molecular flexibility index (Phi) is 10.8. The number of thioether (sulfide) groups is 1. The molecule has 4 rings (SSSR count). The Bertz CT molecular complexity index is 1570. The van der Waals surface area contributed by atoms with E-state index in [0.717, 1.165) is 10.6 Å². The average molecular weight is 594 g/mol. The molecule has 7 nitrogen and oxygen atoms in total. The Balaban J connectivity index is 1.41. The third kappa shape index (κ3) is 9.08. The lowest BCUT2D eigenvalue weighted by Crippen LogP contribution is -2.30. The van der Waals surface area contributed by atoms with Gasteiger partial charge in [-0.3, -0.25) is 14.4 Å². The van der Waals surface area contributed by atoms with Gasteiger partial charge in [0.15, 0.2) is 0 Å². The molecule has 0 saturated carbocycles. The molecule has 43 heavy (non-hydrogen) atoms. The highest BCUT2D eigenvalue weighted by molar-refractivity contribution is 8.00. The molecule has 1 atom stereocenters. The van der Waals surface area contributed by atoms with Crippen molar-refractivity contribution < 1.29 is 19.1 Å². The van der Waals surface area contributed by atoms with Gasteiger partial charge in [0.25, 0.3) is 11.8 Å². The van der Waals surface area contributed by atoms with E-state index in [0.29, 0.717) is 28.5 Å². The third-order valence-corrected chi connectivity index (χ3v) is 7.71. The number of carbonyl (C=O) groups excluding carboxylic acids is 3. The van der Waals surface area contributed by atoms with Crippen molar-refractivity contribution >= 4 is 46.9 Å². The molecule has 0 radical (unpaired) electrons. The summed E-state index contributed by atoms with van der Waals surface area (Å²) in [5.74, 6) is 0.141. The van der Waals surface area contributed by atoms with Gasteiger partial charge in [0.2, 0.25) is 5.91 Å². The summed E-state index contributed by atoms with van der Waals surface area (Å²) in [5, 5.41) is 8.23. The van der Waals surface area contributed by atoms with Crippen LogP contribution in [0.5, 0.6) is 5.75 Å². The van der Waals surface area contributed by atoms with E-state index in [1.165, 1.54) is 17.3 Å². The molecule has 0 bridgehead atoms. The maximum absolute atomic E-state index is 13.3. The van der Waals surface area contributed by atoms with Crippen LogP contribution in [0.25, 0.3) is 6.08 Å². The molecule has 1 unspecified atom stereocenters. The Hall–Kier alpha value is -4.82. The second-order valence-electron chi connectivity index (χ2n) is 10.2. The second kappa shape index (κ2) is 14.9. The van der Waals surface area contributed by atoms with Gasteiger partial charge in [-0.05, 0) is 90.7 Å². The molecule has 0 saturated heterocycles. The number of methoxy groups -OCH3 is 1. The van der Waals surface area contributed by atoms with Gasteiger partial charge in [-0.15, -0.1) is 11.8 Å². The fourth-order valence-electron chi connectivity index (χ4n) is 4.08. The minimum Gasteiger partial charge on any atom is -0.497 e. The summed E-state index contributed by atoms with van der Waals surface area (Å²) in [6.45, 7) is 6.11. The minimum absolute atomic E-state index is 0.0872. The van der Waals surface area contributed by atoms with Crippen molar-refractivity contribution in [2.75, 3.05) is 17.7 Å². The number of hydrogen-bond acceptors (Lipinski definition) is 5. The zero-order chi connectivity index (χ0) is 30.8. The van der Waals surface area contributed by atoms with Crippen LogP contribution in [-0.2, 0) is 9.59 Å². The molecule has 4 aromatic carbocycles. The first-order valence-corrected chi connectivity index (χ1v) is 14.8. The van der Waals surface area contributed by atoms with Gasteiger partial charge in [0.05, 0.1) is 12.4 Å². The summed E-state index contributed by atoms with van der Waals surface area (Å²) >= 11 is 1.42. The van der Waals surface area contributed by atoms with Gasteiger partial charge in [-0.25, -0.2) is 0 Å². The molecule has 0 aliphatic heterocycles. The van der Waals surface area contributed by atoms with E-state index < -0.39 is 11.8 Å². The predicted molar refractivity (Wildman–Crippen MR) is 174 cm³/mol. The zero-order valence-electron chi connectivity index (χ0n) is 24.6. The van der Waals surface area contributed by atoms with E-state index in [1.54, 1.807) is 73.8 Å². The number of carbonyl (C=O) groups is 3. The predicted octanol–water partition coefficient (Wildman–Crippen LogP) is 7.35. The van der Waals surface area contributed by atoms with Gasteiger partial charge in [0.1, 0.15) is 11.4 Å². The first-order valence-electron chi connectivity index (χ1n) is 13.9. The second-order valence-corrected chi connectivity index (χ2v) is 11.6. The fourth-order valence-corrected chi connectivity index (χ4v) is 4.94. The van der Waals surface area contributed by atoms with Crippen molar-refractivity contribution in [3.63, 3.8) is 0 Å². The summed E-state index contributed by atoms with van der Waals surface area (Å²) in [7, 11) is 1.58. The van der Waals surface area contributed by atoms with Crippen molar-refractivity contribution in [3.05, 3.63) is 126 Å². The quantitative estimate of drug-likeness (QED) is 0.125. The van der Waals surface area contributed by atoms with E-state index >= 15 is 0 Å². The molecule has 8 heteroatoms. The van der Waals surface area contributed by atoms with Gasteiger partial charge in [0, 0.05) is 21.8 Å². The van der Waals surface area contributed by atoms with Crippen LogP contribution in [0.2, 0.25) is 0 Å². The lowest BCUT2D eigenvalue weighted by atomic mass is 10.0. The van der Waals surface area contributed by atoms with Crippen LogP contribution in [0, 0.1) is 0 Å². The molecule has 4 aromatic rings. The molecule has 0 aliphatic carbocycles. The first kappa shape index (κ1) is 31.1. The SMILES string of the molecule is COc1ccc(/C=C(\NC(=O)c2ccccc2)C(=O)Nc2ccc(SC(C)C(=O)Nc3ccc(C(C)C)cc3)cc2)cc1. The van der Waals surface area contributed by atoms with Crippen molar-refractivity contribution in [2.24, 2.45) is 0 Å². The average Bonchev–Trinajstić information content (AvgIpc) is 3.02. The van der Waals surface area contributed by atoms with Crippen molar-refractivity contribution in [1.82, 2.24) is 5.32 Å². The van der Waals surface area contributed by atoms with Crippen LogP contribution in [0.4, 0.5) is 11.4 Å². The monoisotopic (exact) mass is 593 g/mol. The molecule has 0 aliphatic rings. The van der Waals surface area contributed by atoms with Gasteiger partial charge in [-0.1, -0.05) is 56.3 Å². The van der Waals surface area contributed by atoms with Gasteiger partial charge in [-0.2, -0.15) is 0 Å². The van der Waals surface area contributed by atoms with E-state index in [4.69, 9.17) is 4.74 Å². The molecule has 220 valence electrons. The van der Waals surface area contributed by atoms with E-state index in [2.05, 4.69) is 29.8 Å². The fraction of sp³-hybridized carbons (Fsp3) is 0.171. The van der Waals surface area contributed by atoms with Crippen molar-refractivity contribution in [3.8, 4) is 5.75 Å². The summed E-state index contributed by atoms with van der Waals surface area (Å²) in [5.41, 5.74) is 3.76. The highest BCUT2D eigenvalue weighted by Gasteiger charge is 2.17. The summed E-state index contributed by atoms with van der Waals surface area (Å²) in [6, 6.07) is 30.9. The largest absolute Gasteiger partial charge is 0.497 e. The molecular formula is C35H35N3O4S. The number of amides is 3. The van der Waals surface area contributed by atoms with Gasteiger partial charge < -0.3 is 20.7 Å². The number of rotatable bonds is 11. The molecule has 0 heterocycles. The number of hydrogen-bond donors (Lipinski definition) is 3. The molecule has 3 amide bonds. The van der Waals surface area contributed by atoms with Crippen LogP contribution < -0.4 is 20.7 Å². The maximum atomic E-state index is 13.3.